The molecule has 0 aromatic heterocycles. The van der Waals surface area contributed by atoms with Crippen molar-refractivity contribution in [2.24, 2.45) is 0 Å². The van der Waals surface area contributed by atoms with Gasteiger partial charge in [0.2, 0.25) is 0 Å². The topological polar surface area (TPSA) is 66.4 Å². The number of anilines is 1. The van der Waals surface area contributed by atoms with Crippen LogP contribution in [0.2, 0.25) is 0 Å². The van der Waals surface area contributed by atoms with Gasteiger partial charge in [-0.1, -0.05) is 66.7 Å². The fraction of sp³-hybridized carbons (Fsp3) is 0.167. The highest BCUT2D eigenvalue weighted by molar-refractivity contribution is 7.92. The van der Waals surface area contributed by atoms with Gasteiger partial charge in [-0.3, -0.25) is 4.72 Å². The SMILES string of the molecule is O=S(=O)(Nc1cccc(/C=C/C(O)CCCc2[c]cccc2)c1)c1ccccc1. The van der Waals surface area contributed by atoms with E-state index in [1.165, 1.54) is 0 Å². The Morgan fingerprint density at radius 1 is 1.00 bits per heavy atom. The van der Waals surface area contributed by atoms with E-state index in [9.17, 15) is 13.5 Å². The molecular formula is C24H24NO3S. The van der Waals surface area contributed by atoms with Gasteiger partial charge >= 0.3 is 0 Å². The van der Waals surface area contributed by atoms with Crippen LogP contribution < -0.4 is 4.72 Å². The highest BCUT2D eigenvalue weighted by Gasteiger charge is 2.13. The average molecular weight is 407 g/mol. The molecule has 0 aliphatic rings. The maximum atomic E-state index is 12.4. The summed E-state index contributed by atoms with van der Waals surface area (Å²) in [6.07, 6.45) is 5.38. The number of aliphatic hydroxyl groups is 1. The summed E-state index contributed by atoms with van der Waals surface area (Å²) < 4.78 is 27.5. The van der Waals surface area contributed by atoms with Gasteiger partial charge in [0.1, 0.15) is 0 Å². The summed E-state index contributed by atoms with van der Waals surface area (Å²) >= 11 is 0. The number of hydrogen-bond acceptors (Lipinski definition) is 3. The van der Waals surface area contributed by atoms with E-state index in [1.807, 2.05) is 30.3 Å². The predicted octanol–water partition coefficient (Wildman–Crippen LogP) is 4.68. The van der Waals surface area contributed by atoms with E-state index in [4.69, 9.17) is 0 Å². The molecule has 29 heavy (non-hydrogen) atoms. The van der Waals surface area contributed by atoms with Gasteiger partial charge < -0.3 is 5.11 Å². The second-order valence-electron chi connectivity index (χ2n) is 6.75. The second kappa shape index (κ2) is 10.0. The zero-order valence-corrected chi connectivity index (χ0v) is 16.8. The van der Waals surface area contributed by atoms with Gasteiger partial charge in [0.25, 0.3) is 10.0 Å². The van der Waals surface area contributed by atoms with Crippen LogP contribution in [0.25, 0.3) is 6.08 Å². The van der Waals surface area contributed by atoms with Crippen LogP contribution in [0.15, 0.2) is 89.8 Å². The van der Waals surface area contributed by atoms with Crippen LogP contribution in [0.5, 0.6) is 0 Å². The monoisotopic (exact) mass is 406 g/mol. The standard InChI is InChI=1S/C24H24NO3S/c26-23(14-8-11-20-9-3-1-4-10-20)18-17-21-12-7-13-22(19-21)25-29(27,28)24-15-5-2-6-16-24/h1-7,9,12-13,15-19,23,25-26H,8,11,14H2/b18-17+. The summed E-state index contributed by atoms with van der Waals surface area (Å²) in [5.74, 6) is 0. The molecule has 0 heterocycles. The zero-order valence-electron chi connectivity index (χ0n) is 16.0. The first-order valence-electron chi connectivity index (χ1n) is 9.53. The minimum Gasteiger partial charge on any atom is -0.389 e. The van der Waals surface area contributed by atoms with Crippen molar-refractivity contribution < 1.29 is 13.5 Å². The van der Waals surface area contributed by atoms with E-state index in [2.05, 4.69) is 10.8 Å². The molecule has 0 fully saturated rings. The van der Waals surface area contributed by atoms with Crippen molar-refractivity contribution in [3.63, 3.8) is 0 Å². The quantitative estimate of drug-likeness (QED) is 0.542. The Labute approximate surface area is 172 Å². The highest BCUT2D eigenvalue weighted by atomic mass is 32.2. The Kier molecular flexibility index (Phi) is 7.22. The molecule has 0 spiro atoms. The van der Waals surface area contributed by atoms with E-state index in [-0.39, 0.29) is 4.90 Å². The van der Waals surface area contributed by atoms with Gasteiger partial charge in [-0.25, -0.2) is 8.42 Å². The van der Waals surface area contributed by atoms with Crippen molar-refractivity contribution in [1.82, 2.24) is 0 Å². The Bertz CT molecular complexity index is 1030. The third-order valence-corrected chi connectivity index (χ3v) is 5.82. The van der Waals surface area contributed by atoms with Crippen LogP contribution in [0.1, 0.15) is 24.0 Å². The van der Waals surface area contributed by atoms with Crippen LogP contribution in [-0.4, -0.2) is 19.6 Å². The lowest BCUT2D eigenvalue weighted by Gasteiger charge is -2.09. The number of hydrogen-bond donors (Lipinski definition) is 2. The minimum absolute atomic E-state index is 0.215. The second-order valence-corrected chi connectivity index (χ2v) is 8.43. The van der Waals surface area contributed by atoms with Crippen molar-refractivity contribution in [3.05, 3.63) is 102 Å². The lowest BCUT2D eigenvalue weighted by molar-refractivity contribution is 0.210. The van der Waals surface area contributed by atoms with Crippen LogP contribution in [0.3, 0.4) is 0 Å². The fourth-order valence-corrected chi connectivity index (χ4v) is 4.00. The Morgan fingerprint density at radius 3 is 2.55 bits per heavy atom. The average Bonchev–Trinajstić information content (AvgIpc) is 2.74. The Hall–Kier alpha value is -2.89. The smallest absolute Gasteiger partial charge is 0.261 e. The van der Waals surface area contributed by atoms with E-state index >= 15 is 0 Å². The van der Waals surface area contributed by atoms with Crippen molar-refractivity contribution in [3.8, 4) is 0 Å². The molecule has 1 radical (unpaired) electrons. The molecule has 149 valence electrons. The molecule has 1 unspecified atom stereocenters. The maximum absolute atomic E-state index is 12.4. The summed E-state index contributed by atoms with van der Waals surface area (Å²) in [6, 6.07) is 26.4. The summed E-state index contributed by atoms with van der Waals surface area (Å²) in [7, 11) is -3.63. The first-order valence-corrected chi connectivity index (χ1v) is 11.0. The molecule has 0 amide bonds. The van der Waals surface area contributed by atoms with Gasteiger partial charge in [-0.2, -0.15) is 0 Å². The normalized spacial score (nSPS) is 12.7. The number of aryl methyl sites for hydroxylation is 1. The third-order valence-electron chi connectivity index (χ3n) is 4.42. The van der Waals surface area contributed by atoms with Crippen LogP contribution >= 0.6 is 0 Å². The van der Waals surface area contributed by atoms with Gasteiger partial charge in [-0.05, 0) is 60.7 Å². The lowest BCUT2D eigenvalue weighted by Crippen LogP contribution is -2.12. The van der Waals surface area contributed by atoms with E-state index in [0.29, 0.717) is 12.1 Å². The summed E-state index contributed by atoms with van der Waals surface area (Å²) in [5, 5.41) is 10.2. The van der Waals surface area contributed by atoms with Crippen LogP contribution in [0.4, 0.5) is 5.69 Å². The molecular weight excluding hydrogens is 382 g/mol. The lowest BCUT2D eigenvalue weighted by atomic mass is 10.1. The molecule has 0 bridgehead atoms. The van der Waals surface area contributed by atoms with E-state index in [0.717, 1.165) is 24.0 Å². The van der Waals surface area contributed by atoms with Gasteiger partial charge in [0.05, 0.1) is 11.0 Å². The molecule has 4 nitrogen and oxygen atoms in total. The van der Waals surface area contributed by atoms with Crippen molar-refractivity contribution in [2.75, 3.05) is 4.72 Å². The van der Waals surface area contributed by atoms with Gasteiger partial charge in [0, 0.05) is 5.69 Å². The van der Waals surface area contributed by atoms with Crippen molar-refractivity contribution >= 4 is 21.8 Å². The molecule has 0 aliphatic heterocycles. The number of benzene rings is 3. The number of aliphatic hydroxyl groups excluding tert-OH is 1. The van der Waals surface area contributed by atoms with E-state index in [1.54, 1.807) is 60.7 Å². The molecule has 5 heteroatoms. The summed E-state index contributed by atoms with van der Waals surface area (Å²) in [5.41, 5.74) is 2.43. The largest absolute Gasteiger partial charge is 0.389 e. The third kappa shape index (κ3) is 6.59. The highest BCUT2D eigenvalue weighted by Crippen LogP contribution is 2.18. The van der Waals surface area contributed by atoms with Crippen molar-refractivity contribution in [1.29, 1.82) is 0 Å². The van der Waals surface area contributed by atoms with Crippen LogP contribution in [0, 0.1) is 6.07 Å². The zero-order chi connectivity index (χ0) is 20.5. The number of sulfonamides is 1. The molecule has 2 N–H and O–H groups in total. The first-order chi connectivity index (χ1) is 14.0. The summed E-state index contributed by atoms with van der Waals surface area (Å²) in [6.45, 7) is 0. The molecule has 3 rings (SSSR count). The minimum atomic E-state index is -3.63. The first kappa shape index (κ1) is 20.8. The molecule has 1 atom stereocenters. The summed E-state index contributed by atoms with van der Waals surface area (Å²) in [4.78, 5) is 0.215. The predicted molar refractivity (Wildman–Crippen MR) is 117 cm³/mol. The van der Waals surface area contributed by atoms with Gasteiger partial charge in [-0.15, -0.1) is 0 Å². The Balaban J connectivity index is 1.56. The van der Waals surface area contributed by atoms with Gasteiger partial charge in [0.15, 0.2) is 0 Å². The molecule has 3 aromatic rings. The van der Waals surface area contributed by atoms with Crippen molar-refractivity contribution in [2.45, 2.75) is 30.3 Å². The molecule has 3 aromatic carbocycles. The Morgan fingerprint density at radius 2 is 1.79 bits per heavy atom. The molecule has 0 saturated carbocycles. The fourth-order valence-electron chi connectivity index (χ4n) is 2.93. The van der Waals surface area contributed by atoms with Crippen LogP contribution in [-0.2, 0) is 16.4 Å². The molecule has 0 aliphatic carbocycles. The number of nitrogens with one attached hydrogen (secondary N) is 1. The molecule has 0 saturated heterocycles. The maximum Gasteiger partial charge on any atom is 0.261 e. The van der Waals surface area contributed by atoms with E-state index < -0.39 is 16.1 Å². The number of rotatable bonds is 9.